The van der Waals surface area contributed by atoms with Crippen molar-refractivity contribution in [2.45, 2.75) is 62.9 Å². The zero-order chi connectivity index (χ0) is 18.7. The normalized spacial score (nSPS) is 18.6. The molecular formula is C19H29NO4S. The number of sulfone groups is 1. The summed E-state index contributed by atoms with van der Waals surface area (Å²) in [5.41, 5.74) is 0.212. The van der Waals surface area contributed by atoms with Gasteiger partial charge in [-0.1, -0.05) is 32.3 Å². The van der Waals surface area contributed by atoms with E-state index in [0.29, 0.717) is 12.0 Å². The Morgan fingerprint density at radius 3 is 2.48 bits per heavy atom. The minimum atomic E-state index is -3.37. The Kier molecular flexibility index (Phi) is 6.27. The van der Waals surface area contributed by atoms with Crippen molar-refractivity contribution in [3.8, 4) is 0 Å². The molecule has 0 aliphatic heterocycles. The summed E-state index contributed by atoms with van der Waals surface area (Å²) in [4.78, 5) is 12.7. The number of nitrogens with one attached hydrogen (secondary N) is 1. The SMILES string of the molecule is CCc1ccc(S(C)(=O)=O)cc1C(=O)NC[C@@](C)(O)C1CCCCC1. The molecule has 0 unspecified atom stereocenters. The lowest BCUT2D eigenvalue weighted by atomic mass is 9.78. The highest BCUT2D eigenvalue weighted by atomic mass is 32.2. The second kappa shape index (κ2) is 7.87. The van der Waals surface area contributed by atoms with Gasteiger partial charge in [-0.05, 0) is 49.8 Å². The van der Waals surface area contributed by atoms with Crippen molar-refractivity contribution in [3.63, 3.8) is 0 Å². The first-order valence-electron chi connectivity index (χ1n) is 8.98. The number of amides is 1. The maximum atomic E-state index is 12.6. The van der Waals surface area contributed by atoms with Crippen molar-refractivity contribution in [2.75, 3.05) is 12.8 Å². The number of hydrogen-bond donors (Lipinski definition) is 2. The Labute approximate surface area is 150 Å². The van der Waals surface area contributed by atoms with E-state index in [4.69, 9.17) is 0 Å². The van der Waals surface area contributed by atoms with Gasteiger partial charge < -0.3 is 10.4 Å². The maximum Gasteiger partial charge on any atom is 0.251 e. The molecule has 25 heavy (non-hydrogen) atoms. The third-order valence-corrected chi connectivity index (χ3v) is 6.34. The summed E-state index contributed by atoms with van der Waals surface area (Å²) in [5.74, 6) is -0.145. The van der Waals surface area contributed by atoms with Crippen LogP contribution >= 0.6 is 0 Å². The van der Waals surface area contributed by atoms with Crippen LogP contribution in [0.2, 0.25) is 0 Å². The molecule has 2 rings (SSSR count). The number of rotatable bonds is 6. The fourth-order valence-corrected chi connectivity index (χ4v) is 4.18. The molecule has 0 spiro atoms. The fraction of sp³-hybridized carbons (Fsp3) is 0.632. The zero-order valence-electron chi connectivity index (χ0n) is 15.3. The topological polar surface area (TPSA) is 83.5 Å². The summed E-state index contributed by atoms with van der Waals surface area (Å²) in [6.07, 6.45) is 7.15. The predicted molar refractivity (Wildman–Crippen MR) is 98.5 cm³/mol. The van der Waals surface area contributed by atoms with Crippen LogP contribution in [-0.4, -0.2) is 37.8 Å². The Morgan fingerprint density at radius 1 is 1.28 bits per heavy atom. The fourth-order valence-electron chi connectivity index (χ4n) is 3.53. The molecule has 1 saturated carbocycles. The summed E-state index contributed by atoms with van der Waals surface area (Å²) in [7, 11) is -3.37. The first kappa shape index (κ1) is 19.9. The minimum Gasteiger partial charge on any atom is -0.388 e. The smallest absolute Gasteiger partial charge is 0.251 e. The lowest BCUT2D eigenvalue weighted by Gasteiger charge is -2.35. The van der Waals surface area contributed by atoms with E-state index in [2.05, 4.69) is 5.32 Å². The van der Waals surface area contributed by atoms with Gasteiger partial charge in [0.15, 0.2) is 9.84 Å². The molecule has 0 bridgehead atoms. The van der Waals surface area contributed by atoms with Gasteiger partial charge in [-0.15, -0.1) is 0 Å². The molecule has 6 heteroatoms. The molecule has 1 atom stereocenters. The first-order chi connectivity index (χ1) is 11.6. The van der Waals surface area contributed by atoms with E-state index >= 15 is 0 Å². The van der Waals surface area contributed by atoms with Crippen molar-refractivity contribution in [1.82, 2.24) is 5.32 Å². The maximum absolute atomic E-state index is 12.6. The third-order valence-electron chi connectivity index (χ3n) is 5.23. The van der Waals surface area contributed by atoms with E-state index in [0.717, 1.165) is 37.5 Å². The third kappa shape index (κ3) is 5.05. The second-order valence-corrected chi connectivity index (χ2v) is 9.34. The van der Waals surface area contributed by atoms with Crippen LogP contribution in [0.15, 0.2) is 23.1 Å². The van der Waals surface area contributed by atoms with Crippen LogP contribution < -0.4 is 5.32 Å². The Balaban J connectivity index is 2.14. The van der Waals surface area contributed by atoms with Gasteiger partial charge in [-0.3, -0.25) is 4.79 Å². The minimum absolute atomic E-state index is 0.133. The Hall–Kier alpha value is -1.40. The zero-order valence-corrected chi connectivity index (χ0v) is 16.2. The molecule has 0 heterocycles. The lowest BCUT2D eigenvalue weighted by molar-refractivity contribution is -0.0143. The van der Waals surface area contributed by atoms with Crippen LogP contribution in [0.4, 0.5) is 0 Å². The van der Waals surface area contributed by atoms with E-state index in [9.17, 15) is 18.3 Å². The second-order valence-electron chi connectivity index (χ2n) is 7.32. The number of aliphatic hydroxyl groups is 1. The number of hydrogen-bond acceptors (Lipinski definition) is 4. The van der Waals surface area contributed by atoms with Gasteiger partial charge in [-0.2, -0.15) is 0 Å². The van der Waals surface area contributed by atoms with E-state index < -0.39 is 15.4 Å². The van der Waals surface area contributed by atoms with Gasteiger partial charge in [0.05, 0.1) is 10.5 Å². The molecule has 0 saturated heterocycles. The quantitative estimate of drug-likeness (QED) is 0.810. The van der Waals surface area contributed by atoms with Crippen LogP contribution in [0.1, 0.15) is 61.9 Å². The molecule has 5 nitrogen and oxygen atoms in total. The Bertz CT molecular complexity index is 719. The van der Waals surface area contributed by atoms with Crippen LogP contribution in [0.25, 0.3) is 0 Å². The highest BCUT2D eigenvalue weighted by Crippen LogP contribution is 2.32. The van der Waals surface area contributed by atoms with Gasteiger partial charge >= 0.3 is 0 Å². The molecule has 1 fully saturated rings. The van der Waals surface area contributed by atoms with Crippen LogP contribution in [0.3, 0.4) is 0 Å². The molecule has 1 aromatic carbocycles. The highest BCUT2D eigenvalue weighted by molar-refractivity contribution is 7.90. The van der Waals surface area contributed by atoms with Crippen molar-refractivity contribution in [2.24, 2.45) is 5.92 Å². The predicted octanol–water partition coefficient (Wildman–Crippen LogP) is 2.71. The average Bonchev–Trinajstić information content (AvgIpc) is 2.59. The van der Waals surface area contributed by atoms with Crippen LogP contribution in [0, 0.1) is 5.92 Å². The standard InChI is InChI=1S/C19H29NO4S/c1-4-14-10-11-16(25(3,23)24)12-17(14)18(21)20-13-19(2,22)15-8-6-5-7-9-15/h10-12,15,22H,4-9,13H2,1-3H3,(H,20,21)/t19-/m1/s1. The van der Waals surface area contributed by atoms with Crippen molar-refractivity contribution in [3.05, 3.63) is 29.3 Å². The molecule has 1 aromatic rings. The molecule has 1 amide bonds. The number of carbonyl (C=O) groups excluding carboxylic acids is 1. The van der Waals surface area contributed by atoms with Gasteiger partial charge in [-0.25, -0.2) is 8.42 Å². The first-order valence-corrected chi connectivity index (χ1v) is 10.9. The highest BCUT2D eigenvalue weighted by Gasteiger charge is 2.33. The number of carbonyl (C=O) groups is 1. The van der Waals surface area contributed by atoms with Gasteiger partial charge in [0.1, 0.15) is 0 Å². The summed E-state index contributed by atoms with van der Waals surface area (Å²) in [6, 6.07) is 4.65. The van der Waals surface area contributed by atoms with E-state index in [1.807, 2.05) is 6.92 Å². The lowest BCUT2D eigenvalue weighted by Crippen LogP contribution is -2.46. The molecular weight excluding hydrogens is 338 g/mol. The molecule has 140 valence electrons. The van der Waals surface area contributed by atoms with Gasteiger partial charge in [0, 0.05) is 18.4 Å². The summed E-state index contributed by atoms with van der Waals surface area (Å²) in [6.45, 7) is 3.87. The number of aryl methyl sites for hydroxylation is 1. The summed E-state index contributed by atoms with van der Waals surface area (Å²) >= 11 is 0. The largest absolute Gasteiger partial charge is 0.388 e. The van der Waals surface area contributed by atoms with Crippen LogP contribution in [0.5, 0.6) is 0 Å². The number of benzene rings is 1. The van der Waals surface area contributed by atoms with Crippen LogP contribution in [-0.2, 0) is 16.3 Å². The van der Waals surface area contributed by atoms with Crippen molar-refractivity contribution >= 4 is 15.7 Å². The molecule has 0 radical (unpaired) electrons. The van der Waals surface area contributed by atoms with Gasteiger partial charge in [0.25, 0.3) is 5.91 Å². The van der Waals surface area contributed by atoms with Crippen molar-refractivity contribution < 1.29 is 18.3 Å². The van der Waals surface area contributed by atoms with E-state index in [-0.39, 0.29) is 23.3 Å². The monoisotopic (exact) mass is 367 g/mol. The molecule has 2 N–H and O–H groups in total. The van der Waals surface area contributed by atoms with Crippen molar-refractivity contribution in [1.29, 1.82) is 0 Å². The molecule has 1 aliphatic rings. The van der Waals surface area contributed by atoms with E-state index in [1.165, 1.54) is 18.6 Å². The molecule has 0 aromatic heterocycles. The molecule has 1 aliphatic carbocycles. The summed E-state index contributed by atoms with van der Waals surface area (Å²) in [5, 5.41) is 13.5. The average molecular weight is 368 g/mol. The van der Waals surface area contributed by atoms with E-state index in [1.54, 1.807) is 13.0 Å². The van der Waals surface area contributed by atoms with Gasteiger partial charge in [0.2, 0.25) is 0 Å². The summed E-state index contributed by atoms with van der Waals surface area (Å²) < 4.78 is 23.5. The Morgan fingerprint density at radius 2 is 1.92 bits per heavy atom.